The summed E-state index contributed by atoms with van der Waals surface area (Å²) in [5.74, 6) is 2.54. The van der Waals surface area contributed by atoms with Crippen molar-refractivity contribution in [3.8, 4) is 12.3 Å². The van der Waals surface area contributed by atoms with Crippen LogP contribution < -0.4 is 5.32 Å². The third kappa shape index (κ3) is 2.80. The Morgan fingerprint density at radius 1 is 1.42 bits per heavy atom. The van der Waals surface area contributed by atoms with Crippen LogP contribution in [-0.4, -0.2) is 16.5 Å². The lowest BCUT2D eigenvalue weighted by Gasteiger charge is -2.08. The number of hydrogen-bond donors (Lipinski definition) is 1. The van der Waals surface area contributed by atoms with E-state index in [1.54, 1.807) is 30.5 Å². The minimum atomic E-state index is -0.381. The van der Waals surface area contributed by atoms with Gasteiger partial charge in [-0.25, -0.2) is 0 Å². The van der Waals surface area contributed by atoms with Crippen LogP contribution in [0.25, 0.3) is 10.9 Å². The predicted octanol–water partition coefficient (Wildman–Crippen LogP) is 2.97. The second-order valence-electron chi connectivity index (χ2n) is 4.02. The Morgan fingerprint density at radius 2 is 2.26 bits per heavy atom. The second kappa shape index (κ2) is 5.83. The quantitative estimate of drug-likeness (QED) is 0.386. The highest BCUT2D eigenvalue weighted by atomic mass is 16.6. The summed E-state index contributed by atoms with van der Waals surface area (Å²) < 4.78 is 0. The zero-order valence-corrected chi connectivity index (χ0v) is 10.3. The van der Waals surface area contributed by atoms with Crippen LogP contribution in [0.1, 0.15) is 12.8 Å². The molecule has 0 unspecified atom stereocenters. The molecule has 96 valence electrons. The van der Waals surface area contributed by atoms with Crippen LogP contribution in [0, 0.1) is 22.5 Å². The number of anilines is 1. The third-order valence-corrected chi connectivity index (χ3v) is 2.75. The smallest absolute Gasteiger partial charge is 0.301 e. The standard InChI is InChI=1S/C14H13N3O2/c1-2-3-4-9-16-13-8-7-12-11(6-5-10-15-12)14(13)17(18)19/h1,5-8,10,16H,3-4,9H2. The largest absolute Gasteiger partial charge is 0.379 e. The number of fused-ring (bicyclic) bond motifs is 1. The lowest BCUT2D eigenvalue weighted by Crippen LogP contribution is -2.04. The SMILES string of the molecule is C#CCCCNc1ccc2ncccc2c1[N+](=O)[O-]. The first-order valence-corrected chi connectivity index (χ1v) is 5.93. The Bertz CT molecular complexity index is 647. The molecule has 0 spiro atoms. The fourth-order valence-electron chi connectivity index (χ4n) is 1.89. The van der Waals surface area contributed by atoms with E-state index in [9.17, 15) is 10.1 Å². The van der Waals surface area contributed by atoms with Crippen molar-refractivity contribution in [2.75, 3.05) is 11.9 Å². The maximum absolute atomic E-state index is 11.2. The Morgan fingerprint density at radius 3 is 3.00 bits per heavy atom. The van der Waals surface area contributed by atoms with Crippen LogP contribution in [0.4, 0.5) is 11.4 Å². The summed E-state index contributed by atoms with van der Waals surface area (Å²) >= 11 is 0. The second-order valence-corrected chi connectivity index (χ2v) is 4.02. The van der Waals surface area contributed by atoms with Gasteiger partial charge in [-0.2, -0.15) is 0 Å². The van der Waals surface area contributed by atoms with E-state index >= 15 is 0 Å². The number of nitro groups is 1. The number of hydrogen-bond acceptors (Lipinski definition) is 4. The number of unbranched alkanes of at least 4 members (excludes halogenated alkanes) is 1. The third-order valence-electron chi connectivity index (χ3n) is 2.75. The minimum Gasteiger partial charge on any atom is -0.379 e. The molecule has 0 bridgehead atoms. The van der Waals surface area contributed by atoms with Crippen LogP contribution in [0.2, 0.25) is 0 Å². The molecule has 1 aromatic heterocycles. The minimum absolute atomic E-state index is 0.0614. The van der Waals surface area contributed by atoms with E-state index in [4.69, 9.17) is 6.42 Å². The predicted molar refractivity (Wildman–Crippen MR) is 75.0 cm³/mol. The number of pyridine rings is 1. The molecule has 0 saturated heterocycles. The normalized spacial score (nSPS) is 10.1. The number of aromatic nitrogens is 1. The molecule has 2 rings (SSSR count). The molecule has 5 heteroatoms. The summed E-state index contributed by atoms with van der Waals surface area (Å²) in [5, 5.41) is 14.8. The molecule has 0 radical (unpaired) electrons. The van der Waals surface area contributed by atoms with Gasteiger partial charge in [0.15, 0.2) is 0 Å². The summed E-state index contributed by atoms with van der Waals surface area (Å²) in [6, 6.07) is 6.85. The van der Waals surface area contributed by atoms with E-state index in [2.05, 4.69) is 16.2 Å². The fraction of sp³-hybridized carbons (Fsp3) is 0.214. The molecule has 1 aromatic carbocycles. The summed E-state index contributed by atoms with van der Waals surface area (Å²) in [5.41, 5.74) is 1.18. The molecule has 0 amide bonds. The Labute approximate surface area is 110 Å². The van der Waals surface area contributed by atoms with Gasteiger partial charge in [0, 0.05) is 19.2 Å². The van der Waals surface area contributed by atoms with E-state index in [-0.39, 0.29) is 10.6 Å². The number of nitrogens with zero attached hydrogens (tertiary/aromatic N) is 2. The van der Waals surface area contributed by atoms with Gasteiger partial charge >= 0.3 is 5.69 Å². The van der Waals surface area contributed by atoms with Gasteiger partial charge in [-0.1, -0.05) is 0 Å². The summed E-state index contributed by atoms with van der Waals surface area (Å²) in [6.45, 7) is 0.608. The van der Waals surface area contributed by atoms with Crippen molar-refractivity contribution in [1.29, 1.82) is 0 Å². The first-order valence-electron chi connectivity index (χ1n) is 5.93. The van der Waals surface area contributed by atoms with Gasteiger partial charge in [0.25, 0.3) is 0 Å². The van der Waals surface area contributed by atoms with E-state index in [0.29, 0.717) is 29.6 Å². The molecular formula is C14H13N3O2. The molecule has 19 heavy (non-hydrogen) atoms. The fourth-order valence-corrected chi connectivity index (χ4v) is 1.89. The van der Waals surface area contributed by atoms with E-state index in [1.807, 2.05) is 0 Å². The van der Waals surface area contributed by atoms with Crippen LogP contribution in [0.15, 0.2) is 30.5 Å². The van der Waals surface area contributed by atoms with Gasteiger partial charge in [0.1, 0.15) is 5.69 Å². The van der Waals surface area contributed by atoms with Crippen molar-refractivity contribution in [2.24, 2.45) is 0 Å². The van der Waals surface area contributed by atoms with Gasteiger partial charge in [-0.3, -0.25) is 15.1 Å². The van der Waals surface area contributed by atoms with Crippen molar-refractivity contribution in [3.05, 3.63) is 40.6 Å². The zero-order valence-electron chi connectivity index (χ0n) is 10.3. The van der Waals surface area contributed by atoms with Gasteiger partial charge in [-0.05, 0) is 30.7 Å². The molecule has 1 N–H and O–H groups in total. The topological polar surface area (TPSA) is 68.1 Å². The Hall–Kier alpha value is -2.61. The van der Waals surface area contributed by atoms with Crippen molar-refractivity contribution < 1.29 is 4.92 Å². The number of nitrogens with one attached hydrogen (secondary N) is 1. The van der Waals surface area contributed by atoms with Gasteiger partial charge in [-0.15, -0.1) is 12.3 Å². The average Bonchev–Trinajstić information content (AvgIpc) is 2.42. The first-order chi connectivity index (χ1) is 9.24. The van der Waals surface area contributed by atoms with Crippen LogP contribution >= 0.6 is 0 Å². The van der Waals surface area contributed by atoms with Crippen LogP contribution in [0.5, 0.6) is 0 Å². The number of benzene rings is 1. The number of terminal acetylenes is 1. The van der Waals surface area contributed by atoms with Crippen molar-refractivity contribution >= 4 is 22.3 Å². The Balaban J connectivity index is 2.35. The van der Waals surface area contributed by atoms with Crippen molar-refractivity contribution in [3.63, 3.8) is 0 Å². The van der Waals surface area contributed by atoms with Gasteiger partial charge in [0.05, 0.1) is 15.8 Å². The first kappa shape index (κ1) is 12.8. The van der Waals surface area contributed by atoms with Crippen molar-refractivity contribution in [1.82, 2.24) is 4.98 Å². The molecule has 0 atom stereocenters. The highest BCUT2D eigenvalue weighted by Gasteiger charge is 2.18. The molecule has 5 nitrogen and oxygen atoms in total. The monoisotopic (exact) mass is 255 g/mol. The van der Waals surface area contributed by atoms with Crippen LogP contribution in [-0.2, 0) is 0 Å². The van der Waals surface area contributed by atoms with E-state index in [0.717, 1.165) is 6.42 Å². The zero-order chi connectivity index (χ0) is 13.7. The maximum atomic E-state index is 11.2. The van der Waals surface area contributed by atoms with Crippen LogP contribution in [0.3, 0.4) is 0 Å². The maximum Gasteiger partial charge on any atom is 0.301 e. The lowest BCUT2D eigenvalue weighted by molar-refractivity contribution is -0.382. The lowest BCUT2D eigenvalue weighted by atomic mass is 10.1. The number of nitro benzene ring substituents is 1. The molecular weight excluding hydrogens is 242 g/mol. The molecule has 0 fully saturated rings. The van der Waals surface area contributed by atoms with E-state index < -0.39 is 0 Å². The summed E-state index contributed by atoms with van der Waals surface area (Å²) in [4.78, 5) is 15.0. The van der Waals surface area contributed by atoms with Gasteiger partial charge < -0.3 is 5.32 Å². The molecule has 0 aliphatic carbocycles. The molecule has 1 heterocycles. The summed E-state index contributed by atoms with van der Waals surface area (Å²) in [6.07, 6.45) is 8.21. The molecule has 0 aliphatic heterocycles. The average molecular weight is 255 g/mol. The highest BCUT2D eigenvalue weighted by Crippen LogP contribution is 2.32. The van der Waals surface area contributed by atoms with Crippen molar-refractivity contribution in [2.45, 2.75) is 12.8 Å². The van der Waals surface area contributed by atoms with E-state index in [1.165, 1.54) is 0 Å². The number of rotatable bonds is 5. The van der Waals surface area contributed by atoms with Gasteiger partial charge in [0.2, 0.25) is 0 Å². The summed E-state index contributed by atoms with van der Waals surface area (Å²) in [7, 11) is 0. The Kier molecular flexibility index (Phi) is 3.94. The highest BCUT2D eigenvalue weighted by molar-refractivity contribution is 5.94. The molecule has 2 aromatic rings. The molecule has 0 aliphatic rings. The molecule has 0 saturated carbocycles.